The first-order valence-electron chi connectivity index (χ1n) is 5.76. The second-order valence-corrected chi connectivity index (χ2v) is 4.83. The summed E-state index contributed by atoms with van der Waals surface area (Å²) in [5.74, 6) is -0.143. The van der Waals surface area contributed by atoms with Gasteiger partial charge in [-0.25, -0.2) is 4.98 Å². The quantitative estimate of drug-likeness (QED) is 0.871. The molecule has 0 unspecified atom stereocenters. The average Bonchev–Trinajstić information content (AvgIpc) is 2.85. The lowest BCUT2D eigenvalue weighted by Crippen LogP contribution is -2.14. The van der Waals surface area contributed by atoms with E-state index in [2.05, 4.69) is 10.3 Å². The molecule has 0 bridgehead atoms. The van der Waals surface area contributed by atoms with Crippen LogP contribution in [0.5, 0.6) is 5.75 Å². The van der Waals surface area contributed by atoms with Crippen molar-refractivity contribution in [2.24, 2.45) is 5.73 Å². The van der Waals surface area contributed by atoms with E-state index in [0.29, 0.717) is 22.1 Å². The average molecular weight is 291 g/mol. The maximum atomic E-state index is 12.0. The maximum absolute atomic E-state index is 12.0. The van der Waals surface area contributed by atoms with Crippen LogP contribution in [0.4, 0.5) is 5.13 Å². The van der Waals surface area contributed by atoms with Crippen molar-refractivity contribution in [2.45, 2.75) is 6.42 Å². The van der Waals surface area contributed by atoms with Crippen molar-refractivity contribution in [2.75, 3.05) is 12.4 Å². The van der Waals surface area contributed by atoms with Crippen LogP contribution in [0.25, 0.3) is 0 Å². The summed E-state index contributed by atoms with van der Waals surface area (Å²) in [5, 5.41) is 4.78. The molecule has 0 atom stereocenters. The molecule has 0 spiro atoms. The van der Waals surface area contributed by atoms with Crippen LogP contribution in [0, 0.1) is 0 Å². The lowest BCUT2D eigenvalue weighted by molar-refractivity contribution is -0.117. The summed E-state index contributed by atoms with van der Waals surface area (Å²) in [6.07, 6.45) is 0.0610. The molecular formula is C13H13N3O3S. The Morgan fingerprint density at radius 3 is 2.95 bits per heavy atom. The first kappa shape index (κ1) is 14.0. The van der Waals surface area contributed by atoms with Crippen molar-refractivity contribution in [1.29, 1.82) is 0 Å². The van der Waals surface area contributed by atoms with Crippen LogP contribution in [0.1, 0.15) is 16.1 Å². The molecule has 1 aromatic heterocycles. The van der Waals surface area contributed by atoms with Crippen LogP contribution < -0.4 is 15.8 Å². The van der Waals surface area contributed by atoms with E-state index in [-0.39, 0.29) is 12.3 Å². The second kappa shape index (κ2) is 6.16. The number of carbonyl (C=O) groups is 2. The number of nitrogens with zero attached hydrogens (tertiary/aromatic N) is 1. The maximum Gasteiger partial charge on any atom is 0.257 e. The molecule has 2 aromatic rings. The SMILES string of the molecule is COc1cccc(C(=O)Nc2nc(CC(N)=O)cs2)c1. The summed E-state index contributed by atoms with van der Waals surface area (Å²) in [6.45, 7) is 0. The number of anilines is 1. The molecule has 6 nitrogen and oxygen atoms in total. The van der Waals surface area contributed by atoms with Gasteiger partial charge < -0.3 is 10.5 Å². The zero-order valence-electron chi connectivity index (χ0n) is 10.8. The molecule has 2 amide bonds. The predicted octanol–water partition coefficient (Wildman–Crippen LogP) is 1.43. The van der Waals surface area contributed by atoms with E-state index in [0.717, 1.165) is 0 Å². The molecule has 20 heavy (non-hydrogen) atoms. The van der Waals surface area contributed by atoms with Crippen LogP contribution in [-0.2, 0) is 11.2 Å². The monoisotopic (exact) mass is 291 g/mol. The van der Waals surface area contributed by atoms with Gasteiger partial charge in [-0.05, 0) is 18.2 Å². The van der Waals surface area contributed by atoms with E-state index >= 15 is 0 Å². The summed E-state index contributed by atoms with van der Waals surface area (Å²) < 4.78 is 5.06. The van der Waals surface area contributed by atoms with Gasteiger partial charge in [0, 0.05) is 10.9 Å². The number of methoxy groups -OCH3 is 1. The predicted molar refractivity (Wildman–Crippen MR) is 76.0 cm³/mol. The number of amides is 2. The molecule has 0 aliphatic carbocycles. The molecular weight excluding hydrogens is 278 g/mol. The Balaban J connectivity index is 2.07. The highest BCUT2D eigenvalue weighted by atomic mass is 32.1. The molecule has 1 aromatic carbocycles. The highest BCUT2D eigenvalue weighted by Gasteiger charge is 2.10. The summed E-state index contributed by atoms with van der Waals surface area (Å²) in [6, 6.07) is 6.79. The second-order valence-electron chi connectivity index (χ2n) is 3.97. The van der Waals surface area contributed by atoms with E-state index in [1.807, 2.05) is 0 Å². The lowest BCUT2D eigenvalue weighted by Gasteiger charge is -2.04. The van der Waals surface area contributed by atoms with Gasteiger partial charge in [0.15, 0.2) is 5.13 Å². The highest BCUT2D eigenvalue weighted by Crippen LogP contribution is 2.18. The minimum atomic E-state index is -0.457. The number of hydrogen-bond donors (Lipinski definition) is 2. The summed E-state index contributed by atoms with van der Waals surface area (Å²) in [7, 11) is 1.54. The molecule has 0 aliphatic rings. The Hall–Kier alpha value is -2.41. The van der Waals surface area contributed by atoms with Gasteiger partial charge >= 0.3 is 0 Å². The molecule has 0 fully saturated rings. The van der Waals surface area contributed by atoms with Crippen molar-refractivity contribution < 1.29 is 14.3 Å². The summed E-state index contributed by atoms with van der Waals surface area (Å²) in [5.41, 5.74) is 6.10. The third-order valence-electron chi connectivity index (χ3n) is 2.46. The van der Waals surface area contributed by atoms with Crippen molar-refractivity contribution in [1.82, 2.24) is 4.98 Å². The van der Waals surface area contributed by atoms with Gasteiger partial charge in [-0.1, -0.05) is 6.07 Å². The van der Waals surface area contributed by atoms with Gasteiger partial charge in [0.25, 0.3) is 5.91 Å². The van der Waals surface area contributed by atoms with Crippen molar-refractivity contribution in [3.63, 3.8) is 0 Å². The lowest BCUT2D eigenvalue weighted by atomic mass is 10.2. The number of nitrogens with two attached hydrogens (primary N) is 1. The number of hydrogen-bond acceptors (Lipinski definition) is 5. The first-order valence-corrected chi connectivity index (χ1v) is 6.64. The molecule has 0 aliphatic heterocycles. The van der Waals surface area contributed by atoms with E-state index in [4.69, 9.17) is 10.5 Å². The first-order chi connectivity index (χ1) is 9.58. The largest absolute Gasteiger partial charge is 0.497 e. The van der Waals surface area contributed by atoms with E-state index in [1.165, 1.54) is 18.4 Å². The standard InChI is InChI=1S/C13H13N3O3S/c1-19-10-4-2-3-8(5-10)12(18)16-13-15-9(7-20-13)6-11(14)17/h2-5,7H,6H2,1H3,(H2,14,17)(H,15,16,18). The van der Waals surface area contributed by atoms with Gasteiger partial charge in [-0.3, -0.25) is 14.9 Å². The topological polar surface area (TPSA) is 94.3 Å². The summed E-state index contributed by atoms with van der Waals surface area (Å²) in [4.78, 5) is 26.9. The number of rotatable bonds is 5. The van der Waals surface area contributed by atoms with E-state index in [9.17, 15) is 9.59 Å². The Kier molecular flexibility index (Phi) is 4.31. The summed E-state index contributed by atoms with van der Waals surface area (Å²) >= 11 is 1.24. The number of nitrogens with one attached hydrogen (secondary N) is 1. The third-order valence-corrected chi connectivity index (χ3v) is 3.27. The van der Waals surface area contributed by atoms with E-state index < -0.39 is 5.91 Å². The van der Waals surface area contributed by atoms with Crippen LogP contribution in [0.15, 0.2) is 29.6 Å². The number of carbonyl (C=O) groups excluding carboxylic acids is 2. The zero-order valence-corrected chi connectivity index (χ0v) is 11.6. The van der Waals surface area contributed by atoms with Crippen molar-refractivity contribution in [3.8, 4) is 5.75 Å². The Morgan fingerprint density at radius 2 is 2.25 bits per heavy atom. The number of benzene rings is 1. The fourth-order valence-electron chi connectivity index (χ4n) is 1.56. The smallest absolute Gasteiger partial charge is 0.257 e. The Bertz CT molecular complexity index is 639. The third kappa shape index (κ3) is 3.55. The van der Waals surface area contributed by atoms with Crippen molar-refractivity contribution in [3.05, 3.63) is 40.9 Å². The van der Waals surface area contributed by atoms with E-state index in [1.54, 1.807) is 29.6 Å². The molecule has 0 saturated carbocycles. The molecule has 0 radical (unpaired) electrons. The Morgan fingerprint density at radius 1 is 1.45 bits per heavy atom. The minimum absolute atomic E-state index is 0.0610. The van der Waals surface area contributed by atoms with Crippen molar-refractivity contribution >= 4 is 28.3 Å². The van der Waals surface area contributed by atoms with Gasteiger partial charge in [0.05, 0.1) is 19.2 Å². The normalized spacial score (nSPS) is 10.1. The van der Waals surface area contributed by atoms with Gasteiger partial charge in [0.2, 0.25) is 5.91 Å². The molecule has 7 heteroatoms. The number of thiazole rings is 1. The van der Waals surface area contributed by atoms with Crippen LogP contribution >= 0.6 is 11.3 Å². The van der Waals surface area contributed by atoms with Gasteiger partial charge in [-0.2, -0.15) is 0 Å². The van der Waals surface area contributed by atoms with Gasteiger partial charge in [0.1, 0.15) is 5.75 Å². The van der Waals surface area contributed by atoms with Gasteiger partial charge in [-0.15, -0.1) is 11.3 Å². The fourth-order valence-corrected chi connectivity index (χ4v) is 2.26. The minimum Gasteiger partial charge on any atom is -0.497 e. The number of primary amides is 1. The molecule has 3 N–H and O–H groups in total. The molecule has 2 rings (SSSR count). The Labute approximate surface area is 119 Å². The fraction of sp³-hybridized carbons (Fsp3) is 0.154. The number of aromatic nitrogens is 1. The van der Waals surface area contributed by atoms with Crippen LogP contribution in [-0.4, -0.2) is 23.9 Å². The zero-order chi connectivity index (χ0) is 14.5. The number of ether oxygens (including phenoxy) is 1. The molecule has 1 heterocycles. The van der Waals surface area contributed by atoms with Crippen LogP contribution in [0.3, 0.4) is 0 Å². The van der Waals surface area contributed by atoms with Crippen LogP contribution in [0.2, 0.25) is 0 Å². The highest BCUT2D eigenvalue weighted by molar-refractivity contribution is 7.14. The molecule has 104 valence electrons. The molecule has 0 saturated heterocycles.